The minimum Gasteiger partial charge on any atom is -0.460 e. The van der Waals surface area contributed by atoms with E-state index in [1.165, 1.54) is 12.0 Å². The third-order valence-electron chi connectivity index (χ3n) is 14.5. The van der Waals surface area contributed by atoms with Gasteiger partial charge in [0.15, 0.2) is 5.78 Å². The first-order chi connectivity index (χ1) is 30.7. The molecule has 1 amide bonds. The van der Waals surface area contributed by atoms with E-state index < -0.39 is 83.9 Å². The van der Waals surface area contributed by atoms with E-state index in [4.69, 9.17) is 23.7 Å². The predicted molar refractivity (Wildman–Crippen MR) is 245 cm³/mol. The van der Waals surface area contributed by atoms with Gasteiger partial charge < -0.3 is 43.9 Å². The monoisotopic (exact) mass is 914 g/mol. The number of aliphatic hydroxyl groups excluding tert-OH is 2. The molecular formula is C51H79NO13. The van der Waals surface area contributed by atoms with Crippen molar-refractivity contribution in [2.75, 3.05) is 27.9 Å². The number of allylic oxidation sites excluding steroid dienone is 6. The first-order valence-corrected chi connectivity index (χ1v) is 23.9. The Morgan fingerprint density at radius 3 is 2.25 bits per heavy atom. The molecule has 0 aromatic carbocycles. The van der Waals surface area contributed by atoms with Gasteiger partial charge in [0.05, 0.1) is 24.4 Å². The second-order valence-electron chi connectivity index (χ2n) is 19.6. The lowest BCUT2D eigenvalue weighted by Gasteiger charge is -2.42. The largest absolute Gasteiger partial charge is 0.460 e. The summed E-state index contributed by atoms with van der Waals surface area (Å²) in [5, 5.41) is 33.8. The molecule has 3 aliphatic heterocycles. The van der Waals surface area contributed by atoms with Crippen molar-refractivity contribution in [2.45, 2.75) is 180 Å². The van der Waals surface area contributed by atoms with E-state index in [0.717, 1.165) is 12.0 Å². The molecule has 0 aromatic heterocycles. The Balaban J connectivity index is 1.70. The fraction of sp³-hybridized carbons (Fsp3) is 0.745. The first kappa shape index (κ1) is 54.2. The normalized spacial score (nSPS) is 39.1. The van der Waals surface area contributed by atoms with Gasteiger partial charge in [-0.05, 0) is 107 Å². The Bertz CT molecular complexity index is 1760. The van der Waals surface area contributed by atoms with Crippen LogP contribution in [-0.2, 0) is 47.7 Å². The average molecular weight is 914 g/mol. The lowest BCUT2D eigenvalue weighted by atomic mass is 9.78. The quantitative estimate of drug-likeness (QED) is 0.156. The number of carbonyl (C=O) groups is 5. The summed E-state index contributed by atoms with van der Waals surface area (Å²) < 4.78 is 29.4. The van der Waals surface area contributed by atoms with E-state index in [1.807, 2.05) is 58.1 Å². The average Bonchev–Trinajstić information content (AvgIpc) is 3.28. The number of ether oxygens (including phenoxy) is 5. The van der Waals surface area contributed by atoms with Crippen LogP contribution in [0.4, 0.5) is 0 Å². The summed E-state index contributed by atoms with van der Waals surface area (Å²) in [5.41, 5.74) is 1.27. The van der Waals surface area contributed by atoms with E-state index in [9.17, 15) is 39.3 Å². The Hall–Kier alpha value is -3.37. The zero-order valence-electron chi connectivity index (χ0n) is 40.6. The van der Waals surface area contributed by atoms with Crippen molar-refractivity contribution in [1.29, 1.82) is 0 Å². The third kappa shape index (κ3) is 14.3. The third-order valence-corrected chi connectivity index (χ3v) is 14.5. The first-order valence-electron chi connectivity index (χ1n) is 23.9. The Morgan fingerprint density at radius 1 is 0.846 bits per heavy atom. The van der Waals surface area contributed by atoms with Crippen molar-refractivity contribution < 1.29 is 63.0 Å². The topological polar surface area (TPSA) is 195 Å². The van der Waals surface area contributed by atoms with E-state index >= 15 is 0 Å². The van der Waals surface area contributed by atoms with Crippen LogP contribution >= 0.6 is 0 Å². The molecule has 1 aliphatic carbocycles. The van der Waals surface area contributed by atoms with Crippen LogP contribution in [0.2, 0.25) is 0 Å². The van der Waals surface area contributed by atoms with Gasteiger partial charge in [-0.25, -0.2) is 4.79 Å². The molecule has 0 radical (unpaired) electrons. The molecule has 4 rings (SSSR count). The lowest BCUT2D eigenvalue weighted by Crippen LogP contribution is -2.61. The number of rotatable bonds is 6. The van der Waals surface area contributed by atoms with Crippen molar-refractivity contribution in [2.24, 2.45) is 35.5 Å². The van der Waals surface area contributed by atoms with Gasteiger partial charge in [-0.1, -0.05) is 71.1 Å². The molecule has 2 saturated heterocycles. The summed E-state index contributed by atoms with van der Waals surface area (Å²) >= 11 is 0. The number of aliphatic hydroxyl groups is 3. The van der Waals surface area contributed by atoms with E-state index in [2.05, 4.69) is 0 Å². The van der Waals surface area contributed by atoms with Crippen LogP contribution in [0.5, 0.6) is 0 Å². The van der Waals surface area contributed by atoms with Crippen molar-refractivity contribution in [3.05, 3.63) is 47.6 Å². The number of nitrogens with zero attached hydrogens (tertiary/aromatic N) is 1. The number of cyclic esters (lactones) is 1. The molecule has 15 atom stereocenters. The van der Waals surface area contributed by atoms with Crippen molar-refractivity contribution in [3.63, 3.8) is 0 Å². The number of hydrogen-bond donors (Lipinski definition) is 3. The second-order valence-corrected chi connectivity index (χ2v) is 19.6. The summed E-state index contributed by atoms with van der Waals surface area (Å²) in [6.45, 7) is 12.7. The molecule has 4 aliphatic rings. The van der Waals surface area contributed by atoms with Crippen LogP contribution in [-0.4, -0.2) is 132 Å². The Labute approximate surface area is 387 Å². The fourth-order valence-electron chi connectivity index (χ4n) is 10.1. The lowest BCUT2D eigenvalue weighted by molar-refractivity contribution is -0.265. The van der Waals surface area contributed by atoms with Gasteiger partial charge in [0.25, 0.3) is 11.7 Å². The van der Waals surface area contributed by atoms with Crippen molar-refractivity contribution in [3.8, 4) is 0 Å². The molecule has 3 N–H and O–H groups in total. The number of carbonyl (C=O) groups excluding carboxylic acids is 5. The van der Waals surface area contributed by atoms with E-state index in [0.29, 0.717) is 63.4 Å². The summed E-state index contributed by atoms with van der Waals surface area (Å²) in [5.74, 6) is -7.96. The molecular weight excluding hydrogens is 835 g/mol. The molecule has 2 bridgehead atoms. The molecule has 0 aromatic rings. The fourth-order valence-corrected chi connectivity index (χ4v) is 10.1. The molecule has 0 unspecified atom stereocenters. The molecule has 3 fully saturated rings. The number of hydrogen-bond acceptors (Lipinski definition) is 13. The van der Waals surface area contributed by atoms with Crippen molar-refractivity contribution in [1.82, 2.24) is 4.90 Å². The number of Topliss-reactive ketones (excluding diaryl/α,β-unsaturated/α-hetero) is 3. The molecule has 366 valence electrons. The molecule has 14 nitrogen and oxygen atoms in total. The van der Waals surface area contributed by atoms with Crippen LogP contribution in [0.15, 0.2) is 47.6 Å². The maximum Gasteiger partial charge on any atom is 0.329 e. The highest BCUT2D eigenvalue weighted by Gasteiger charge is 2.53. The predicted octanol–water partition coefficient (Wildman–Crippen LogP) is 6.18. The summed E-state index contributed by atoms with van der Waals surface area (Å²) in [4.78, 5) is 71.8. The van der Waals surface area contributed by atoms with E-state index in [1.54, 1.807) is 41.1 Å². The van der Waals surface area contributed by atoms with Gasteiger partial charge in [-0.2, -0.15) is 0 Å². The van der Waals surface area contributed by atoms with Crippen LogP contribution < -0.4 is 0 Å². The maximum atomic E-state index is 14.4. The zero-order chi connectivity index (χ0) is 48.2. The number of piperidine rings is 1. The van der Waals surface area contributed by atoms with Gasteiger partial charge in [-0.15, -0.1) is 0 Å². The zero-order valence-corrected chi connectivity index (χ0v) is 40.6. The standard InChI is InChI=1S/C51H79NO13/c1-30-16-12-11-13-17-31(2)42(61-8)28-38-21-19-36(7)51(60,65-38)48(57)49(58)52-23-15-14-18-39(52)50(59)64-43(33(4)26-37-20-22-40(53)44(27-37)62-9)29-41(54)32(3)25-35(6)46(56)47(63-10)45(55)34(5)24-30/h11-13,16-17,25,30,32-34,36-40,42-44,46-47,53,56,60H,14-15,18-24,26-29H2,1-10H3/b13-11?,16-12+,31-17?,35-25+/t30-,32-,33-,34-,36-,37+,38+,39+,40-,42-,43+,44-,46-,47+,51-/m1/s1. The maximum absolute atomic E-state index is 14.4. The number of ketones is 3. The number of esters is 1. The van der Waals surface area contributed by atoms with Crippen molar-refractivity contribution >= 4 is 29.2 Å². The van der Waals surface area contributed by atoms with Gasteiger partial charge >= 0.3 is 5.97 Å². The molecule has 14 heteroatoms. The molecule has 1 saturated carbocycles. The highest BCUT2D eigenvalue weighted by atomic mass is 16.6. The molecule has 65 heavy (non-hydrogen) atoms. The smallest absolute Gasteiger partial charge is 0.329 e. The Morgan fingerprint density at radius 2 is 1.57 bits per heavy atom. The van der Waals surface area contributed by atoms with Crippen LogP contribution in [0, 0.1) is 35.5 Å². The van der Waals surface area contributed by atoms with Crippen LogP contribution in [0.3, 0.4) is 0 Å². The summed E-state index contributed by atoms with van der Waals surface area (Å²) in [6, 6.07) is -1.14. The number of methoxy groups -OCH3 is 3. The van der Waals surface area contributed by atoms with Gasteiger partial charge in [-0.3, -0.25) is 19.2 Å². The number of amides is 1. The van der Waals surface area contributed by atoms with Gasteiger partial charge in [0, 0.05) is 58.5 Å². The highest BCUT2D eigenvalue weighted by molar-refractivity contribution is 6.39. The van der Waals surface area contributed by atoms with Crippen LogP contribution in [0.25, 0.3) is 0 Å². The minimum atomic E-state index is -2.43. The number of fused-ring (bicyclic) bond motifs is 3. The molecule has 3 heterocycles. The SMILES string of the molecule is CO[C@@H]1C[C@@H]2CC[C@@H](C)[C@@](O)(O2)C(=O)C(=O)N2CCCC[C@H]2C(=O)O[C@H]([C@H](C)C[C@@H]2CC[C@@H](O)[C@H](OC)C2)CC(=O)[C@H](C)/C=C(\C)[C@@H](O)[C@@H](OC)C(=O)[C@H](C)C[C@H](C)/C=C/C=CC=C1C. The summed E-state index contributed by atoms with van der Waals surface area (Å²) in [7, 11) is 4.52. The highest BCUT2D eigenvalue weighted by Crippen LogP contribution is 2.38. The van der Waals surface area contributed by atoms with Gasteiger partial charge in [0.1, 0.15) is 30.1 Å². The Kier molecular flexibility index (Phi) is 21.0. The van der Waals surface area contributed by atoms with Gasteiger partial charge in [0.2, 0.25) is 5.79 Å². The summed E-state index contributed by atoms with van der Waals surface area (Å²) in [6.07, 6.45) is 11.2. The molecule has 0 spiro atoms. The van der Waals surface area contributed by atoms with E-state index in [-0.39, 0.29) is 54.8 Å². The second kappa shape index (κ2) is 25.1. The minimum absolute atomic E-state index is 0.0193. The van der Waals surface area contributed by atoms with Crippen LogP contribution in [0.1, 0.15) is 126 Å².